The highest BCUT2D eigenvalue weighted by atomic mass is 32.2. The summed E-state index contributed by atoms with van der Waals surface area (Å²) in [6.07, 6.45) is 3.03. The quantitative estimate of drug-likeness (QED) is 0.736. The van der Waals surface area contributed by atoms with Gasteiger partial charge in [0, 0.05) is 29.4 Å². The molecule has 23 heavy (non-hydrogen) atoms. The Balaban J connectivity index is 1.88. The Bertz CT molecular complexity index is 932. The van der Waals surface area contributed by atoms with E-state index in [-0.39, 0.29) is 5.91 Å². The van der Waals surface area contributed by atoms with Crippen molar-refractivity contribution in [3.05, 3.63) is 71.4 Å². The second kappa shape index (κ2) is 4.65. The van der Waals surface area contributed by atoms with E-state index in [9.17, 15) is 4.79 Å². The lowest BCUT2D eigenvalue weighted by molar-refractivity contribution is 0.0717. The van der Waals surface area contributed by atoms with Gasteiger partial charge in [0.1, 0.15) is 4.87 Å². The molecule has 5 rings (SSSR count). The zero-order valence-corrected chi connectivity index (χ0v) is 13.4. The number of carbonyl (C=O) groups is 1. The van der Waals surface area contributed by atoms with Crippen LogP contribution < -0.4 is 0 Å². The maximum Gasteiger partial charge on any atom is 0.255 e. The van der Waals surface area contributed by atoms with Crippen LogP contribution in [0.1, 0.15) is 27.9 Å². The number of aromatic amines is 1. The third-order valence-electron chi connectivity index (χ3n) is 4.94. The minimum absolute atomic E-state index is 0.163. The average Bonchev–Trinajstić information content (AvgIpc) is 3.18. The van der Waals surface area contributed by atoms with Crippen LogP contribution in [0.2, 0.25) is 0 Å². The molecular formula is C19H16N2OS. The molecule has 0 spiro atoms. The number of nitrogens with zero attached hydrogens (tertiary/aromatic N) is 1. The van der Waals surface area contributed by atoms with Crippen molar-refractivity contribution in [2.45, 2.75) is 11.3 Å². The third kappa shape index (κ3) is 1.59. The SMILES string of the molecule is O=C1c2ccccc2C2(c3cccc4cc[nH]c34)SCCCN12. The second-order valence-electron chi connectivity index (χ2n) is 6.10. The van der Waals surface area contributed by atoms with Crippen LogP contribution in [0.4, 0.5) is 0 Å². The Kier molecular flexibility index (Phi) is 2.68. The van der Waals surface area contributed by atoms with E-state index in [1.54, 1.807) is 0 Å². The van der Waals surface area contributed by atoms with Gasteiger partial charge in [0.15, 0.2) is 0 Å². The summed E-state index contributed by atoms with van der Waals surface area (Å²) in [4.78, 5) is 18.1. The minimum Gasteiger partial charge on any atom is -0.361 e. The zero-order chi connectivity index (χ0) is 15.4. The predicted molar refractivity (Wildman–Crippen MR) is 93.6 cm³/mol. The van der Waals surface area contributed by atoms with Gasteiger partial charge < -0.3 is 9.88 Å². The molecule has 1 aromatic heterocycles. The first-order valence-electron chi connectivity index (χ1n) is 7.94. The van der Waals surface area contributed by atoms with Gasteiger partial charge in [-0.25, -0.2) is 0 Å². The lowest BCUT2D eigenvalue weighted by atomic mass is 9.95. The van der Waals surface area contributed by atoms with Crippen LogP contribution in [-0.4, -0.2) is 28.1 Å². The molecular weight excluding hydrogens is 304 g/mol. The molecule has 1 N–H and O–H groups in total. The molecule has 4 heteroatoms. The summed E-state index contributed by atoms with van der Waals surface area (Å²) in [6, 6.07) is 16.6. The molecule has 1 amide bonds. The van der Waals surface area contributed by atoms with Gasteiger partial charge in [-0.05, 0) is 29.7 Å². The summed E-state index contributed by atoms with van der Waals surface area (Å²) < 4.78 is 0. The number of rotatable bonds is 1. The molecule has 0 saturated carbocycles. The van der Waals surface area contributed by atoms with Crippen LogP contribution in [0.3, 0.4) is 0 Å². The number of nitrogens with one attached hydrogen (secondary N) is 1. The fourth-order valence-corrected chi connectivity index (χ4v) is 5.55. The molecule has 2 aliphatic rings. The van der Waals surface area contributed by atoms with E-state index in [4.69, 9.17) is 0 Å². The Morgan fingerprint density at radius 1 is 1.04 bits per heavy atom. The van der Waals surface area contributed by atoms with Crippen LogP contribution in [0.25, 0.3) is 10.9 Å². The number of fused-ring (bicyclic) bond motifs is 4. The zero-order valence-electron chi connectivity index (χ0n) is 12.6. The standard InChI is InChI=1S/C19H16N2OS/c22-18-14-6-1-2-7-15(14)19(21(18)11-4-12-23-19)16-8-3-5-13-9-10-20-17(13)16/h1-3,5-10,20H,4,11-12H2. The first kappa shape index (κ1) is 13.3. The van der Waals surface area contributed by atoms with E-state index < -0.39 is 4.87 Å². The maximum atomic E-state index is 13.0. The van der Waals surface area contributed by atoms with Crippen molar-refractivity contribution in [1.29, 1.82) is 0 Å². The molecule has 0 aliphatic carbocycles. The van der Waals surface area contributed by atoms with Gasteiger partial charge in [-0.15, -0.1) is 11.8 Å². The van der Waals surface area contributed by atoms with Gasteiger partial charge in [0.25, 0.3) is 5.91 Å². The summed E-state index contributed by atoms with van der Waals surface area (Å²) in [5.41, 5.74) is 4.32. The molecule has 1 atom stereocenters. The molecule has 0 bridgehead atoms. The monoisotopic (exact) mass is 320 g/mol. The van der Waals surface area contributed by atoms with E-state index in [1.165, 1.54) is 10.9 Å². The van der Waals surface area contributed by atoms with Gasteiger partial charge in [-0.3, -0.25) is 4.79 Å². The minimum atomic E-state index is -0.393. The number of benzene rings is 2. The Morgan fingerprint density at radius 2 is 1.91 bits per heavy atom. The van der Waals surface area contributed by atoms with Crippen LogP contribution in [0.5, 0.6) is 0 Å². The van der Waals surface area contributed by atoms with Crippen molar-refractivity contribution in [2.75, 3.05) is 12.3 Å². The summed E-state index contributed by atoms with van der Waals surface area (Å²) in [7, 11) is 0. The summed E-state index contributed by atoms with van der Waals surface area (Å²) in [6.45, 7) is 0.817. The van der Waals surface area contributed by atoms with Crippen molar-refractivity contribution in [1.82, 2.24) is 9.88 Å². The Labute approximate surface area is 138 Å². The highest BCUT2D eigenvalue weighted by molar-refractivity contribution is 8.00. The number of hydrogen-bond donors (Lipinski definition) is 1. The number of thioether (sulfide) groups is 1. The van der Waals surface area contributed by atoms with Gasteiger partial charge in [-0.1, -0.05) is 36.4 Å². The van der Waals surface area contributed by atoms with Gasteiger partial charge in [0.2, 0.25) is 0 Å². The maximum absolute atomic E-state index is 13.0. The molecule has 0 radical (unpaired) electrons. The van der Waals surface area contributed by atoms with Crippen LogP contribution in [-0.2, 0) is 4.87 Å². The van der Waals surface area contributed by atoms with Gasteiger partial charge >= 0.3 is 0 Å². The summed E-state index contributed by atoms with van der Waals surface area (Å²) in [5.74, 6) is 1.23. The van der Waals surface area contributed by atoms with E-state index in [0.29, 0.717) is 0 Å². The summed E-state index contributed by atoms with van der Waals surface area (Å²) >= 11 is 1.88. The number of H-pyrrole nitrogens is 1. The van der Waals surface area contributed by atoms with E-state index in [1.807, 2.05) is 36.2 Å². The number of para-hydroxylation sites is 1. The number of amides is 1. The Morgan fingerprint density at radius 3 is 2.87 bits per heavy atom. The van der Waals surface area contributed by atoms with Crippen molar-refractivity contribution in [3.8, 4) is 0 Å². The summed E-state index contributed by atoms with van der Waals surface area (Å²) in [5, 5.41) is 1.19. The first-order chi connectivity index (χ1) is 11.3. The smallest absolute Gasteiger partial charge is 0.255 e. The number of carbonyl (C=O) groups excluding carboxylic acids is 1. The van der Waals surface area contributed by atoms with Gasteiger partial charge in [0.05, 0.1) is 5.52 Å². The number of aromatic nitrogens is 1. The lowest BCUT2D eigenvalue weighted by Crippen LogP contribution is -2.46. The molecule has 3 heterocycles. The molecule has 1 fully saturated rings. The predicted octanol–water partition coefficient (Wildman–Crippen LogP) is 3.96. The van der Waals surface area contributed by atoms with Crippen LogP contribution in [0, 0.1) is 0 Å². The van der Waals surface area contributed by atoms with Crippen molar-refractivity contribution >= 4 is 28.6 Å². The first-order valence-corrected chi connectivity index (χ1v) is 8.93. The largest absolute Gasteiger partial charge is 0.361 e. The molecule has 2 aliphatic heterocycles. The normalized spacial score (nSPS) is 23.1. The highest BCUT2D eigenvalue weighted by Gasteiger charge is 2.53. The molecule has 1 saturated heterocycles. The van der Waals surface area contributed by atoms with Gasteiger partial charge in [-0.2, -0.15) is 0 Å². The second-order valence-corrected chi connectivity index (χ2v) is 7.38. The van der Waals surface area contributed by atoms with Crippen molar-refractivity contribution < 1.29 is 4.79 Å². The highest BCUT2D eigenvalue weighted by Crippen LogP contribution is 2.55. The third-order valence-corrected chi connectivity index (χ3v) is 6.51. The van der Waals surface area contributed by atoms with E-state index in [0.717, 1.165) is 35.4 Å². The molecule has 1 unspecified atom stereocenters. The molecule has 114 valence electrons. The number of hydrogen-bond acceptors (Lipinski definition) is 2. The fourth-order valence-electron chi connectivity index (χ4n) is 3.99. The van der Waals surface area contributed by atoms with E-state index in [2.05, 4.69) is 40.2 Å². The van der Waals surface area contributed by atoms with Crippen LogP contribution in [0.15, 0.2) is 54.7 Å². The lowest BCUT2D eigenvalue weighted by Gasteiger charge is -2.42. The van der Waals surface area contributed by atoms with E-state index >= 15 is 0 Å². The Hall–Kier alpha value is -2.20. The topological polar surface area (TPSA) is 36.1 Å². The average molecular weight is 320 g/mol. The van der Waals surface area contributed by atoms with Crippen molar-refractivity contribution in [2.24, 2.45) is 0 Å². The van der Waals surface area contributed by atoms with Crippen molar-refractivity contribution in [3.63, 3.8) is 0 Å². The molecule has 2 aromatic carbocycles. The molecule has 3 nitrogen and oxygen atoms in total. The van der Waals surface area contributed by atoms with Crippen LogP contribution >= 0.6 is 11.8 Å². The molecule has 3 aromatic rings. The fraction of sp³-hybridized carbons (Fsp3) is 0.211.